The van der Waals surface area contributed by atoms with Crippen LogP contribution >= 0.6 is 0 Å². The Hall–Kier alpha value is -1.71. The zero-order chi connectivity index (χ0) is 12.3. The van der Waals surface area contributed by atoms with Gasteiger partial charge in [-0.3, -0.25) is 5.41 Å². The van der Waals surface area contributed by atoms with E-state index in [4.69, 9.17) is 10.1 Å². The summed E-state index contributed by atoms with van der Waals surface area (Å²) in [6.45, 7) is 5.55. The Morgan fingerprint density at radius 1 is 1.18 bits per heavy atom. The lowest BCUT2D eigenvalue weighted by Gasteiger charge is -2.37. The maximum atomic E-state index is 7.62. The molecule has 4 heteroatoms. The summed E-state index contributed by atoms with van der Waals surface area (Å²) in [5.74, 6) is 1.58. The number of nitrogens with zero attached hydrogens (tertiary/aromatic N) is 2. The van der Waals surface area contributed by atoms with Gasteiger partial charge in [-0.15, -0.1) is 0 Å². The Balaban J connectivity index is 2.07. The van der Waals surface area contributed by atoms with E-state index in [-0.39, 0.29) is 0 Å². The molecule has 1 aliphatic rings. The largest absolute Gasteiger partial charge is 0.495 e. The van der Waals surface area contributed by atoms with Crippen LogP contribution in [0, 0.1) is 5.41 Å². The predicted molar refractivity (Wildman–Crippen MR) is 70.2 cm³/mol. The van der Waals surface area contributed by atoms with E-state index in [1.807, 2.05) is 25.1 Å². The second-order valence-corrected chi connectivity index (χ2v) is 4.23. The number of anilines is 1. The van der Waals surface area contributed by atoms with Crippen LogP contribution in [0.3, 0.4) is 0 Å². The lowest BCUT2D eigenvalue weighted by Crippen LogP contribution is -2.48. The molecule has 0 saturated carbocycles. The van der Waals surface area contributed by atoms with Crippen molar-refractivity contribution in [1.82, 2.24) is 4.90 Å². The fourth-order valence-corrected chi connectivity index (χ4v) is 2.17. The fourth-order valence-electron chi connectivity index (χ4n) is 2.17. The van der Waals surface area contributed by atoms with Gasteiger partial charge in [0, 0.05) is 26.2 Å². The molecule has 4 nitrogen and oxygen atoms in total. The van der Waals surface area contributed by atoms with Crippen molar-refractivity contribution in [3.05, 3.63) is 24.3 Å². The molecule has 1 fully saturated rings. The topological polar surface area (TPSA) is 39.6 Å². The van der Waals surface area contributed by atoms with Crippen molar-refractivity contribution in [2.24, 2.45) is 0 Å². The van der Waals surface area contributed by atoms with Gasteiger partial charge in [-0.25, -0.2) is 0 Å². The molecule has 2 rings (SSSR count). The maximum Gasteiger partial charge on any atom is 0.142 e. The Bertz CT molecular complexity index is 397. The van der Waals surface area contributed by atoms with Crippen molar-refractivity contribution in [1.29, 1.82) is 5.41 Å². The monoisotopic (exact) mass is 233 g/mol. The lowest BCUT2D eigenvalue weighted by atomic mass is 10.2. The maximum absolute atomic E-state index is 7.62. The van der Waals surface area contributed by atoms with E-state index in [1.54, 1.807) is 7.11 Å². The first-order chi connectivity index (χ1) is 8.22. The Kier molecular flexibility index (Phi) is 3.52. The molecule has 0 spiro atoms. The molecular weight excluding hydrogens is 214 g/mol. The molecule has 1 heterocycles. The van der Waals surface area contributed by atoms with Gasteiger partial charge in [-0.2, -0.15) is 0 Å². The van der Waals surface area contributed by atoms with Crippen molar-refractivity contribution >= 4 is 11.5 Å². The van der Waals surface area contributed by atoms with Gasteiger partial charge in [0.15, 0.2) is 0 Å². The molecule has 1 saturated heterocycles. The molecule has 0 amide bonds. The molecule has 0 bridgehead atoms. The van der Waals surface area contributed by atoms with E-state index < -0.39 is 0 Å². The number of amidine groups is 1. The first kappa shape index (κ1) is 11.8. The summed E-state index contributed by atoms with van der Waals surface area (Å²) in [5.41, 5.74) is 1.15. The van der Waals surface area contributed by atoms with E-state index in [1.165, 1.54) is 0 Å². The quantitative estimate of drug-likeness (QED) is 0.625. The third-order valence-electron chi connectivity index (χ3n) is 3.18. The highest BCUT2D eigenvalue weighted by Gasteiger charge is 2.19. The number of nitrogens with one attached hydrogen (secondary N) is 1. The number of benzene rings is 1. The summed E-state index contributed by atoms with van der Waals surface area (Å²) in [4.78, 5) is 4.42. The second kappa shape index (κ2) is 5.08. The van der Waals surface area contributed by atoms with Crippen molar-refractivity contribution in [2.75, 3.05) is 38.2 Å². The van der Waals surface area contributed by atoms with Gasteiger partial charge in [0.2, 0.25) is 0 Å². The number of hydrogen-bond donors (Lipinski definition) is 1. The molecule has 17 heavy (non-hydrogen) atoms. The molecular formula is C13H19N3O. The molecule has 1 N–H and O–H groups in total. The molecule has 0 aliphatic carbocycles. The second-order valence-electron chi connectivity index (χ2n) is 4.23. The SMILES string of the molecule is COc1ccccc1N1CCN(C(C)=N)CC1. The smallest absolute Gasteiger partial charge is 0.142 e. The standard InChI is InChI=1S/C13H19N3O/c1-11(14)15-7-9-16(10-8-15)12-5-3-4-6-13(12)17-2/h3-6,14H,7-10H2,1-2H3. The zero-order valence-electron chi connectivity index (χ0n) is 10.4. The number of rotatable bonds is 2. The highest BCUT2D eigenvalue weighted by molar-refractivity contribution is 5.76. The highest BCUT2D eigenvalue weighted by Crippen LogP contribution is 2.28. The van der Waals surface area contributed by atoms with Crippen LogP contribution < -0.4 is 9.64 Å². The molecule has 0 atom stereocenters. The van der Waals surface area contributed by atoms with Gasteiger partial charge in [-0.1, -0.05) is 12.1 Å². The van der Waals surface area contributed by atoms with Crippen molar-refractivity contribution in [3.63, 3.8) is 0 Å². The molecule has 0 aromatic heterocycles. The van der Waals surface area contributed by atoms with Gasteiger partial charge in [0.25, 0.3) is 0 Å². The summed E-state index contributed by atoms with van der Waals surface area (Å²) in [6.07, 6.45) is 0. The van der Waals surface area contributed by atoms with Crippen LogP contribution in [0.25, 0.3) is 0 Å². The van der Waals surface area contributed by atoms with E-state index >= 15 is 0 Å². The summed E-state index contributed by atoms with van der Waals surface area (Å²) in [5, 5.41) is 7.62. The molecule has 1 aliphatic heterocycles. The van der Waals surface area contributed by atoms with Crippen LogP contribution in [0.1, 0.15) is 6.92 Å². The molecule has 0 unspecified atom stereocenters. The normalized spacial score (nSPS) is 15.9. The van der Waals surface area contributed by atoms with Crippen LogP contribution in [0.4, 0.5) is 5.69 Å². The Morgan fingerprint density at radius 2 is 1.82 bits per heavy atom. The Morgan fingerprint density at radius 3 is 2.41 bits per heavy atom. The average molecular weight is 233 g/mol. The molecule has 0 radical (unpaired) electrons. The van der Waals surface area contributed by atoms with Crippen LogP contribution in [0.15, 0.2) is 24.3 Å². The molecule has 1 aromatic carbocycles. The summed E-state index contributed by atoms with van der Waals surface area (Å²) < 4.78 is 5.38. The minimum absolute atomic E-state index is 0.657. The highest BCUT2D eigenvalue weighted by atomic mass is 16.5. The lowest BCUT2D eigenvalue weighted by molar-refractivity contribution is 0.375. The number of methoxy groups -OCH3 is 1. The summed E-state index contributed by atoms with van der Waals surface area (Å²) in [6, 6.07) is 8.10. The van der Waals surface area contributed by atoms with Crippen LogP contribution in [0.2, 0.25) is 0 Å². The fraction of sp³-hybridized carbons (Fsp3) is 0.462. The van der Waals surface area contributed by atoms with E-state index in [0.717, 1.165) is 37.6 Å². The minimum Gasteiger partial charge on any atom is -0.495 e. The van der Waals surface area contributed by atoms with Gasteiger partial charge in [0.05, 0.1) is 18.6 Å². The number of hydrogen-bond acceptors (Lipinski definition) is 3. The Labute approximate surface area is 102 Å². The van der Waals surface area contributed by atoms with Crippen LogP contribution in [-0.4, -0.2) is 44.0 Å². The third-order valence-corrected chi connectivity index (χ3v) is 3.18. The van der Waals surface area contributed by atoms with Crippen LogP contribution in [0.5, 0.6) is 5.75 Å². The van der Waals surface area contributed by atoms with Gasteiger partial charge < -0.3 is 14.5 Å². The van der Waals surface area contributed by atoms with E-state index in [9.17, 15) is 0 Å². The first-order valence-electron chi connectivity index (χ1n) is 5.90. The number of piperazine rings is 1. The van der Waals surface area contributed by atoms with Crippen molar-refractivity contribution in [2.45, 2.75) is 6.92 Å². The van der Waals surface area contributed by atoms with Gasteiger partial charge >= 0.3 is 0 Å². The summed E-state index contributed by atoms with van der Waals surface area (Å²) in [7, 11) is 1.71. The van der Waals surface area contributed by atoms with Gasteiger partial charge in [-0.05, 0) is 19.1 Å². The van der Waals surface area contributed by atoms with Crippen LogP contribution in [-0.2, 0) is 0 Å². The first-order valence-corrected chi connectivity index (χ1v) is 5.90. The minimum atomic E-state index is 0.657. The van der Waals surface area contributed by atoms with E-state index in [2.05, 4.69) is 15.9 Å². The third kappa shape index (κ3) is 2.52. The van der Waals surface area contributed by atoms with Crippen molar-refractivity contribution < 1.29 is 4.74 Å². The summed E-state index contributed by atoms with van der Waals surface area (Å²) >= 11 is 0. The molecule has 92 valence electrons. The number of para-hydroxylation sites is 2. The average Bonchev–Trinajstić information content (AvgIpc) is 2.39. The molecule has 1 aromatic rings. The van der Waals surface area contributed by atoms with Crippen molar-refractivity contribution in [3.8, 4) is 5.75 Å². The van der Waals surface area contributed by atoms with Gasteiger partial charge in [0.1, 0.15) is 5.75 Å². The zero-order valence-corrected chi connectivity index (χ0v) is 10.4. The number of ether oxygens (including phenoxy) is 1. The predicted octanol–water partition coefficient (Wildman–Crippen LogP) is 1.81. The van der Waals surface area contributed by atoms with E-state index in [0.29, 0.717) is 5.84 Å².